The Morgan fingerprint density at radius 2 is 2.22 bits per heavy atom. The van der Waals surface area contributed by atoms with Crippen LogP contribution in [0.2, 0.25) is 5.15 Å². The summed E-state index contributed by atoms with van der Waals surface area (Å²) in [5.41, 5.74) is 0.405. The smallest absolute Gasteiger partial charge is 0.264 e. The molecule has 98 valence electrons. The number of hydrogen-bond donors (Lipinski definition) is 0. The van der Waals surface area contributed by atoms with Crippen LogP contribution in [0.1, 0.15) is 29.7 Å². The van der Waals surface area contributed by atoms with E-state index in [4.69, 9.17) is 21.1 Å². The van der Waals surface area contributed by atoms with Crippen LogP contribution >= 0.6 is 11.6 Å². The third kappa shape index (κ3) is 1.81. The highest BCUT2D eigenvalue weighted by Gasteiger charge is 2.44. The van der Waals surface area contributed by atoms with Gasteiger partial charge in [-0.2, -0.15) is 0 Å². The van der Waals surface area contributed by atoms with Gasteiger partial charge in [-0.15, -0.1) is 0 Å². The molecule has 1 aromatic rings. The largest absolute Gasteiger partial charge is 0.378 e. The minimum Gasteiger partial charge on any atom is -0.378 e. The summed E-state index contributed by atoms with van der Waals surface area (Å²) < 4.78 is 37.2. The summed E-state index contributed by atoms with van der Waals surface area (Å²) in [6.07, 6.45) is -1.46. The van der Waals surface area contributed by atoms with E-state index >= 15 is 0 Å². The van der Waals surface area contributed by atoms with Crippen LogP contribution in [0, 0.1) is 0 Å². The van der Waals surface area contributed by atoms with E-state index < -0.39 is 12.0 Å². The first-order chi connectivity index (χ1) is 8.62. The molecule has 18 heavy (non-hydrogen) atoms. The molecule has 1 saturated heterocycles. The molecule has 0 bridgehead atoms. The zero-order chi connectivity index (χ0) is 12.8. The lowest BCUT2D eigenvalue weighted by Crippen LogP contribution is -2.37. The van der Waals surface area contributed by atoms with Crippen LogP contribution in [0.25, 0.3) is 0 Å². The summed E-state index contributed by atoms with van der Waals surface area (Å²) in [6.45, 7) is 1.33. The Labute approximate surface area is 108 Å². The van der Waals surface area contributed by atoms with E-state index in [0.29, 0.717) is 43.9 Å². The second-order valence-corrected chi connectivity index (χ2v) is 4.94. The lowest BCUT2D eigenvalue weighted by atomic mass is 9.88. The Bertz CT molecular complexity index is 475. The van der Waals surface area contributed by atoms with Crippen molar-refractivity contribution in [1.82, 2.24) is 4.98 Å². The molecule has 1 fully saturated rings. The van der Waals surface area contributed by atoms with Crippen molar-refractivity contribution in [1.29, 1.82) is 0 Å². The fourth-order valence-electron chi connectivity index (χ4n) is 2.66. The number of pyridine rings is 1. The third-order valence-corrected chi connectivity index (χ3v) is 3.70. The average molecular weight is 276 g/mol. The molecule has 1 spiro atoms. The number of aromatic nitrogens is 1. The molecule has 0 saturated carbocycles. The maximum atomic E-state index is 13.1. The van der Waals surface area contributed by atoms with Gasteiger partial charge >= 0.3 is 0 Å². The molecule has 3 heterocycles. The SMILES string of the molecule is FC(F)c1cc(Cl)nc2c1CCOC21CCOC1. The third-order valence-electron chi connectivity index (χ3n) is 3.51. The topological polar surface area (TPSA) is 31.4 Å². The number of fused-ring (bicyclic) bond motifs is 2. The lowest BCUT2D eigenvalue weighted by molar-refractivity contribution is -0.0671. The predicted molar refractivity (Wildman–Crippen MR) is 61.0 cm³/mol. The molecule has 6 heteroatoms. The van der Waals surface area contributed by atoms with Gasteiger partial charge in [-0.05, 0) is 18.1 Å². The number of nitrogens with zero attached hydrogens (tertiary/aromatic N) is 1. The van der Waals surface area contributed by atoms with Crippen LogP contribution in [0.4, 0.5) is 8.78 Å². The highest BCUT2D eigenvalue weighted by Crippen LogP contribution is 2.42. The first-order valence-electron chi connectivity index (χ1n) is 5.82. The Balaban J connectivity index is 2.17. The van der Waals surface area contributed by atoms with Crippen molar-refractivity contribution in [3.8, 4) is 0 Å². The minimum atomic E-state index is -2.54. The maximum absolute atomic E-state index is 13.1. The second-order valence-electron chi connectivity index (χ2n) is 4.56. The zero-order valence-electron chi connectivity index (χ0n) is 9.59. The summed E-state index contributed by atoms with van der Waals surface area (Å²) in [6, 6.07) is 1.25. The molecule has 0 aromatic carbocycles. The van der Waals surface area contributed by atoms with Crippen LogP contribution in [-0.4, -0.2) is 24.8 Å². The van der Waals surface area contributed by atoms with E-state index in [1.165, 1.54) is 6.07 Å². The van der Waals surface area contributed by atoms with Crippen molar-refractivity contribution >= 4 is 11.6 Å². The molecule has 0 amide bonds. The van der Waals surface area contributed by atoms with Gasteiger partial charge in [-0.1, -0.05) is 11.6 Å². The van der Waals surface area contributed by atoms with E-state index in [0.717, 1.165) is 0 Å². The molecule has 3 nitrogen and oxygen atoms in total. The Hall–Kier alpha value is -0.780. The Morgan fingerprint density at radius 1 is 1.39 bits per heavy atom. The molecule has 0 aliphatic carbocycles. The van der Waals surface area contributed by atoms with Gasteiger partial charge in [0, 0.05) is 18.6 Å². The van der Waals surface area contributed by atoms with Gasteiger partial charge in [0.05, 0.1) is 18.9 Å². The molecule has 0 N–H and O–H groups in total. The summed E-state index contributed by atoms with van der Waals surface area (Å²) in [7, 11) is 0. The summed E-state index contributed by atoms with van der Waals surface area (Å²) in [4.78, 5) is 4.22. The van der Waals surface area contributed by atoms with Gasteiger partial charge in [0.15, 0.2) is 0 Å². The monoisotopic (exact) mass is 275 g/mol. The lowest BCUT2D eigenvalue weighted by Gasteiger charge is -2.34. The fourth-order valence-corrected chi connectivity index (χ4v) is 2.86. The van der Waals surface area contributed by atoms with E-state index in [1.54, 1.807) is 0 Å². The number of halogens is 3. The molecular formula is C12H12ClF2NO2. The Kier molecular flexibility index (Phi) is 3.00. The van der Waals surface area contributed by atoms with Crippen molar-refractivity contribution in [3.63, 3.8) is 0 Å². The first-order valence-corrected chi connectivity index (χ1v) is 6.20. The van der Waals surface area contributed by atoms with Crippen LogP contribution < -0.4 is 0 Å². The standard InChI is InChI=1S/C12H12ClF2NO2/c13-9-5-8(11(14)15)7-1-3-18-12(10(7)16-9)2-4-17-6-12/h5,11H,1-4,6H2. The summed E-state index contributed by atoms with van der Waals surface area (Å²) >= 11 is 5.85. The fraction of sp³-hybridized carbons (Fsp3) is 0.583. The molecular weight excluding hydrogens is 264 g/mol. The molecule has 1 unspecified atom stereocenters. The van der Waals surface area contributed by atoms with E-state index in [2.05, 4.69) is 4.98 Å². The number of ether oxygens (including phenoxy) is 2. The van der Waals surface area contributed by atoms with Crippen molar-refractivity contribution in [2.24, 2.45) is 0 Å². The van der Waals surface area contributed by atoms with E-state index in [9.17, 15) is 8.78 Å². The molecule has 1 aromatic heterocycles. The quantitative estimate of drug-likeness (QED) is 0.739. The van der Waals surface area contributed by atoms with Crippen LogP contribution in [0.5, 0.6) is 0 Å². The van der Waals surface area contributed by atoms with E-state index in [-0.39, 0.29) is 10.7 Å². The summed E-state index contributed by atoms with van der Waals surface area (Å²) in [5, 5.41) is 0.0841. The van der Waals surface area contributed by atoms with Crippen molar-refractivity contribution in [2.45, 2.75) is 24.9 Å². The highest BCUT2D eigenvalue weighted by molar-refractivity contribution is 6.29. The molecule has 2 aliphatic rings. The van der Waals surface area contributed by atoms with Crippen LogP contribution in [0.15, 0.2) is 6.07 Å². The van der Waals surface area contributed by atoms with Crippen LogP contribution in [-0.2, 0) is 21.5 Å². The molecule has 1 atom stereocenters. The zero-order valence-corrected chi connectivity index (χ0v) is 10.3. The minimum absolute atomic E-state index is 0.0282. The number of hydrogen-bond acceptors (Lipinski definition) is 3. The van der Waals surface area contributed by atoms with Crippen molar-refractivity contribution < 1.29 is 18.3 Å². The number of alkyl halides is 2. The van der Waals surface area contributed by atoms with Gasteiger partial charge in [-0.25, -0.2) is 13.8 Å². The average Bonchev–Trinajstić information content (AvgIpc) is 2.79. The van der Waals surface area contributed by atoms with Crippen molar-refractivity contribution in [3.05, 3.63) is 28.0 Å². The number of rotatable bonds is 1. The Morgan fingerprint density at radius 3 is 2.89 bits per heavy atom. The second kappa shape index (κ2) is 4.40. The van der Waals surface area contributed by atoms with E-state index in [1.807, 2.05) is 0 Å². The van der Waals surface area contributed by atoms with Crippen LogP contribution in [0.3, 0.4) is 0 Å². The highest BCUT2D eigenvalue weighted by atomic mass is 35.5. The summed E-state index contributed by atoms with van der Waals surface area (Å²) in [5.74, 6) is 0. The predicted octanol–water partition coefficient (Wildman–Crippen LogP) is 2.86. The molecule has 2 aliphatic heterocycles. The van der Waals surface area contributed by atoms with Gasteiger partial charge in [-0.3, -0.25) is 0 Å². The normalized spacial score (nSPS) is 26.9. The first kappa shape index (κ1) is 12.3. The van der Waals surface area contributed by atoms with Gasteiger partial charge in [0.2, 0.25) is 0 Å². The molecule has 0 radical (unpaired) electrons. The van der Waals surface area contributed by atoms with Crippen molar-refractivity contribution in [2.75, 3.05) is 19.8 Å². The van der Waals surface area contributed by atoms with Gasteiger partial charge in [0.1, 0.15) is 10.8 Å². The maximum Gasteiger partial charge on any atom is 0.264 e. The van der Waals surface area contributed by atoms with Gasteiger partial charge in [0.25, 0.3) is 6.43 Å². The molecule has 3 rings (SSSR count). The van der Waals surface area contributed by atoms with Gasteiger partial charge < -0.3 is 9.47 Å².